The van der Waals surface area contributed by atoms with E-state index in [1.54, 1.807) is 11.0 Å². The first-order valence-electron chi connectivity index (χ1n) is 7.55. The summed E-state index contributed by atoms with van der Waals surface area (Å²) in [6, 6.07) is 17.7. The highest BCUT2D eigenvalue weighted by molar-refractivity contribution is 5.94. The Balaban J connectivity index is 1.56. The van der Waals surface area contributed by atoms with Gasteiger partial charge < -0.3 is 5.32 Å². The second kappa shape index (κ2) is 7.35. The molecule has 1 heterocycles. The highest BCUT2D eigenvalue weighted by atomic mass is 16.1. The van der Waals surface area contributed by atoms with E-state index >= 15 is 0 Å². The fraction of sp³-hybridized carbons (Fsp3) is 0.167. The predicted molar refractivity (Wildman–Crippen MR) is 88.0 cm³/mol. The summed E-state index contributed by atoms with van der Waals surface area (Å²) in [5, 5.41) is 7.03. The van der Waals surface area contributed by atoms with Crippen LogP contribution in [0.2, 0.25) is 0 Å². The molecule has 0 aliphatic heterocycles. The van der Waals surface area contributed by atoms with Crippen molar-refractivity contribution in [2.75, 3.05) is 6.54 Å². The lowest BCUT2D eigenvalue weighted by molar-refractivity contribution is 0.0954. The van der Waals surface area contributed by atoms with Crippen molar-refractivity contribution in [3.05, 3.63) is 83.9 Å². The first-order valence-corrected chi connectivity index (χ1v) is 7.55. The van der Waals surface area contributed by atoms with Crippen molar-refractivity contribution < 1.29 is 4.79 Å². The third kappa shape index (κ3) is 4.26. The molecule has 3 aromatic rings. The van der Waals surface area contributed by atoms with Crippen LogP contribution in [0.1, 0.15) is 21.5 Å². The van der Waals surface area contributed by atoms with Gasteiger partial charge in [-0.3, -0.25) is 4.79 Å². The van der Waals surface area contributed by atoms with Gasteiger partial charge in [-0.05, 0) is 29.7 Å². The minimum atomic E-state index is -0.0543. The van der Waals surface area contributed by atoms with Gasteiger partial charge in [0, 0.05) is 12.1 Å². The van der Waals surface area contributed by atoms with Gasteiger partial charge in [0.2, 0.25) is 0 Å². The molecule has 5 heteroatoms. The number of nitrogens with one attached hydrogen (secondary N) is 1. The predicted octanol–water partition coefficient (Wildman–Crippen LogP) is 2.30. The van der Waals surface area contributed by atoms with E-state index < -0.39 is 0 Å². The van der Waals surface area contributed by atoms with Gasteiger partial charge in [0.15, 0.2) is 0 Å². The highest BCUT2D eigenvalue weighted by Crippen LogP contribution is 2.07. The van der Waals surface area contributed by atoms with Crippen LogP contribution in [-0.4, -0.2) is 27.2 Å². The molecule has 3 rings (SSSR count). The van der Waals surface area contributed by atoms with E-state index in [1.165, 1.54) is 11.9 Å². The summed E-state index contributed by atoms with van der Waals surface area (Å²) >= 11 is 0. The lowest BCUT2D eigenvalue weighted by Crippen LogP contribution is -2.25. The van der Waals surface area contributed by atoms with Crippen molar-refractivity contribution in [2.24, 2.45) is 0 Å². The van der Waals surface area contributed by atoms with Crippen LogP contribution in [0.4, 0.5) is 0 Å². The summed E-state index contributed by atoms with van der Waals surface area (Å²) in [6.07, 6.45) is 3.98. The van der Waals surface area contributed by atoms with Crippen LogP contribution in [0.3, 0.4) is 0 Å². The Labute approximate surface area is 135 Å². The van der Waals surface area contributed by atoms with Crippen LogP contribution >= 0.6 is 0 Å². The van der Waals surface area contributed by atoms with Crippen LogP contribution in [0.5, 0.6) is 0 Å². The number of carbonyl (C=O) groups excluding carboxylic acids is 1. The van der Waals surface area contributed by atoms with Crippen molar-refractivity contribution in [2.45, 2.75) is 13.0 Å². The molecule has 0 aliphatic carbocycles. The van der Waals surface area contributed by atoms with Crippen LogP contribution < -0.4 is 5.32 Å². The quantitative estimate of drug-likeness (QED) is 0.760. The van der Waals surface area contributed by atoms with Crippen molar-refractivity contribution in [3.63, 3.8) is 0 Å². The molecule has 0 spiro atoms. The van der Waals surface area contributed by atoms with Gasteiger partial charge in [0.1, 0.15) is 12.7 Å². The summed E-state index contributed by atoms with van der Waals surface area (Å²) in [5.41, 5.74) is 2.90. The summed E-state index contributed by atoms with van der Waals surface area (Å²) in [5.74, 6) is -0.0543. The zero-order valence-corrected chi connectivity index (χ0v) is 12.7. The number of nitrogens with zero attached hydrogens (tertiary/aromatic N) is 3. The summed E-state index contributed by atoms with van der Waals surface area (Å²) < 4.78 is 1.73. The Hall–Kier alpha value is -2.95. The Kier molecular flexibility index (Phi) is 4.79. The second-order valence-electron chi connectivity index (χ2n) is 5.28. The molecule has 116 valence electrons. The van der Waals surface area contributed by atoms with Gasteiger partial charge >= 0.3 is 0 Å². The lowest BCUT2D eigenvalue weighted by Gasteiger charge is -2.07. The van der Waals surface area contributed by atoms with E-state index in [4.69, 9.17) is 0 Å². The Morgan fingerprint density at radius 1 is 1.04 bits per heavy atom. The maximum absolute atomic E-state index is 12.2. The number of benzene rings is 2. The van der Waals surface area contributed by atoms with Crippen molar-refractivity contribution >= 4 is 5.91 Å². The lowest BCUT2D eigenvalue weighted by atomic mass is 10.1. The van der Waals surface area contributed by atoms with Crippen LogP contribution in [0.15, 0.2) is 67.3 Å². The third-order valence-electron chi connectivity index (χ3n) is 3.54. The van der Waals surface area contributed by atoms with Gasteiger partial charge in [-0.1, -0.05) is 42.5 Å². The molecule has 0 fully saturated rings. The molecule has 0 saturated heterocycles. The summed E-state index contributed by atoms with van der Waals surface area (Å²) in [4.78, 5) is 16.2. The molecule has 0 unspecified atom stereocenters. The Morgan fingerprint density at radius 3 is 2.65 bits per heavy atom. The maximum Gasteiger partial charge on any atom is 0.251 e. The van der Waals surface area contributed by atoms with Crippen molar-refractivity contribution in [3.8, 4) is 0 Å². The third-order valence-corrected chi connectivity index (χ3v) is 3.54. The molecule has 0 radical (unpaired) electrons. The van der Waals surface area contributed by atoms with Gasteiger partial charge in [0.25, 0.3) is 5.91 Å². The van der Waals surface area contributed by atoms with Crippen LogP contribution in [0, 0.1) is 0 Å². The molecule has 0 aliphatic rings. The topological polar surface area (TPSA) is 59.8 Å². The van der Waals surface area contributed by atoms with Gasteiger partial charge in [-0.15, -0.1) is 0 Å². The fourth-order valence-corrected chi connectivity index (χ4v) is 2.38. The number of rotatable bonds is 6. The average Bonchev–Trinajstić information content (AvgIpc) is 3.09. The molecule has 0 atom stereocenters. The fourth-order valence-electron chi connectivity index (χ4n) is 2.38. The molecular weight excluding hydrogens is 288 g/mol. The molecule has 1 amide bonds. The van der Waals surface area contributed by atoms with E-state index in [9.17, 15) is 4.79 Å². The van der Waals surface area contributed by atoms with E-state index in [2.05, 4.69) is 27.5 Å². The average molecular weight is 306 g/mol. The van der Waals surface area contributed by atoms with Gasteiger partial charge in [0.05, 0.1) is 6.54 Å². The zero-order chi connectivity index (χ0) is 15.9. The standard InChI is InChI=1S/C18H18N4O/c23-18(20-10-9-15-5-2-1-3-6-15)17-8-4-7-16(11-17)12-22-14-19-13-21-22/h1-8,11,13-14H,9-10,12H2,(H,20,23). The second-order valence-corrected chi connectivity index (χ2v) is 5.28. The van der Waals surface area contributed by atoms with E-state index in [0.29, 0.717) is 18.7 Å². The zero-order valence-electron chi connectivity index (χ0n) is 12.7. The smallest absolute Gasteiger partial charge is 0.251 e. The van der Waals surface area contributed by atoms with E-state index in [-0.39, 0.29) is 5.91 Å². The first-order chi connectivity index (χ1) is 11.3. The molecule has 1 aromatic heterocycles. The molecular formula is C18H18N4O. The number of aromatic nitrogens is 3. The normalized spacial score (nSPS) is 10.4. The molecule has 1 N–H and O–H groups in total. The molecule has 0 bridgehead atoms. The van der Waals surface area contributed by atoms with Crippen LogP contribution in [0.25, 0.3) is 0 Å². The highest BCUT2D eigenvalue weighted by Gasteiger charge is 2.06. The minimum absolute atomic E-state index is 0.0543. The molecule has 23 heavy (non-hydrogen) atoms. The molecule has 5 nitrogen and oxygen atoms in total. The van der Waals surface area contributed by atoms with Crippen molar-refractivity contribution in [1.29, 1.82) is 0 Å². The van der Waals surface area contributed by atoms with Gasteiger partial charge in [-0.25, -0.2) is 9.67 Å². The maximum atomic E-state index is 12.2. The number of hydrogen-bond acceptors (Lipinski definition) is 3. The Bertz CT molecular complexity index is 754. The molecule has 2 aromatic carbocycles. The Morgan fingerprint density at radius 2 is 1.87 bits per heavy atom. The molecule has 0 saturated carbocycles. The summed E-state index contributed by atoms with van der Waals surface area (Å²) in [7, 11) is 0. The summed E-state index contributed by atoms with van der Waals surface area (Å²) in [6.45, 7) is 1.22. The number of carbonyl (C=O) groups is 1. The van der Waals surface area contributed by atoms with Crippen LogP contribution in [-0.2, 0) is 13.0 Å². The van der Waals surface area contributed by atoms with E-state index in [0.717, 1.165) is 12.0 Å². The monoisotopic (exact) mass is 306 g/mol. The van der Waals surface area contributed by atoms with E-state index in [1.807, 2.05) is 42.5 Å². The van der Waals surface area contributed by atoms with Gasteiger partial charge in [-0.2, -0.15) is 5.10 Å². The number of amides is 1. The number of hydrogen-bond donors (Lipinski definition) is 1. The first kappa shape index (κ1) is 15.0. The SMILES string of the molecule is O=C(NCCc1ccccc1)c1cccc(Cn2cncn2)c1. The largest absolute Gasteiger partial charge is 0.352 e. The minimum Gasteiger partial charge on any atom is -0.352 e. The van der Waals surface area contributed by atoms with Crippen molar-refractivity contribution in [1.82, 2.24) is 20.1 Å².